The van der Waals surface area contributed by atoms with Crippen LogP contribution in [0.1, 0.15) is 5.56 Å². The molecule has 0 aliphatic rings. The van der Waals surface area contributed by atoms with Crippen molar-refractivity contribution in [1.82, 2.24) is 10.6 Å². The molecule has 0 saturated carbocycles. The van der Waals surface area contributed by atoms with Crippen LogP contribution in [0.15, 0.2) is 18.2 Å². The second-order valence-electron chi connectivity index (χ2n) is 5.55. The number of anilines is 1. The van der Waals surface area contributed by atoms with E-state index in [-0.39, 0.29) is 12.2 Å². The van der Waals surface area contributed by atoms with Gasteiger partial charge >= 0.3 is 6.18 Å². The topological polar surface area (TPSA) is 83.7 Å². The van der Waals surface area contributed by atoms with Gasteiger partial charge in [-0.3, -0.25) is 10.1 Å². The van der Waals surface area contributed by atoms with E-state index in [0.29, 0.717) is 24.3 Å². The Bertz CT molecular complexity index is 611. The molecule has 0 fully saturated rings. The fourth-order valence-electron chi connectivity index (χ4n) is 1.87. The SMILES string of the molecule is C[NH+](C)CCNC(=S)NCCNc1ccc(C(F)(F)F)cc1[N+](=O)[O-]. The zero-order valence-electron chi connectivity index (χ0n) is 13.9. The molecule has 1 rings (SSSR count). The number of likely N-dealkylation sites (N-methyl/N-ethyl adjacent to an activating group) is 1. The smallest absolute Gasteiger partial charge is 0.378 e. The lowest BCUT2D eigenvalue weighted by molar-refractivity contribution is -0.856. The Hall–Kier alpha value is -2.14. The van der Waals surface area contributed by atoms with Crippen LogP contribution in [0.25, 0.3) is 0 Å². The molecule has 1 aromatic carbocycles. The number of alkyl halides is 3. The highest BCUT2D eigenvalue weighted by Gasteiger charge is 2.32. The highest BCUT2D eigenvalue weighted by atomic mass is 32.1. The Morgan fingerprint density at radius 3 is 2.44 bits per heavy atom. The summed E-state index contributed by atoms with van der Waals surface area (Å²) >= 11 is 5.07. The van der Waals surface area contributed by atoms with Crippen LogP contribution in [-0.4, -0.2) is 50.3 Å². The van der Waals surface area contributed by atoms with Gasteiger partial charge in [0.2, 0.25) is 0 Å². The van der Waals surface area contributed by atoms with Crippen molar-refractivity contribution in [1.29, 1.82) is 0 Å². The molecule has 140 valence electrons. The van der Waals surface area contributed by atoms with Gasteiger partial charge in [-0.15, -0.1) is 0 Å². The van der Waals surface area contributed by atoms with Crippen molar-refractivity contribution in [3.8, 4) is 0 Å². The second-order valence-corrected chi connectivity index (χ2v) is 5.96. The lowest BCUT2D eigenvalue weighted by Crippen LogP contribution is -3.06. The molecule has 25 heavy (non-hydrogen) atoms. The summed E-state index contributed by atoms with van der Waals surface area (Å²) in [6.45, 7) is 2.20. The monoisotopic (exact) mass is 380 g/mol. The molecule has 0 radical (unpaired) electrons. The predicted octanol–water partition coefficient (Wildman–Crippen LogP) is 0.634. The van der Waals surface area contributed by atoms with Gasteiger partial charge in [0, 0.05) is 19.2 Å². The van der Waals surface area contributed by atoms with Gasteiger partial charge in [-0.1, -0.05) is 0 Å². The number of quaternary nitrogens is 1. The minimum Gasteiger partial charge on any atom is -0.378 e. The fraction of sp³-hybridized carbons (Fsp3) is 0.500. The van der Waals surface area contributed by atoms with Gasteiger partial charge in [0.15, 0.2) is 5.11 Å². The molecule has 0 heterocycles. The van der Waals surface area contributed by atoms with Crippen molar-refractivity contribution in [2.24, 2.45) is 0 Å². The first-order valence-corrected chi connectivity index (χ1v) is 7.92. The number of nitro groups is 1. The number of halogens is 3. The Morgan fingerprint density at radius 1 is 1.24 bits per heavy atom. The number of rotatable bonds is 8. The summed E-state index contributed by atoms with van der Waals surface area (Å²) in [4.78, 5) is 11.4. The number of nitro benzene ring substituents is 1. The van der Waals surface area contributed by atoms with E-state index in [2.05, 4.69) is 16.0 Å². The zero-order valence-corrected chi connectivity index (χ0v) is 14.7. The molecule has 7 nitrogen and oxygen atoms in total. The molecule has 11 heteroatoms. The molecule has 0 saturated heterocycles. The van der Waals surface area contributed by atoms with Crippen LogP contribution in [0.3, 0.4) is 0 Å². The third-order valence-corrected chi connectivity index (χ3v) is 3.45. The molecule has 0 atom stereocenters. The van der Waals surface area contributed by atoms with Crippen molar-refractivity contribution < 1.29 is 23.0 Å². The molecule has 1 aromatic rings. The molecule has 0 aromatic heterocycles. The van der Waals surface area contributed by atoms with Crippen LogP contribution in [-0.2, 0) is 6.18 Å². The lowest BCUT2D eigenvalue weighted by atomic mass is 10.1. The third kappa shape index (κ3) is 7.52. The highest BCUT2D eigenvalue weighted by molar-refractivity contribution is 7.80. The summed E-state index contributed by atoms with van der Waals surface area (Å²) in [5.41, 5.74) is -1.66. The summed E-state index contributed by atoms with van der Waals surface area (Å²) in [5, 5.41) is 20.1. The summed E-state index contributed by atoms with van der Waals surface area (Å²) in [5.74, 6) is 0. The van der Waals surface area contributed by atoms with Gasteiger partial charge < -0.3 is 20.9 Å². The van der Waals surface area contributed by atoms with E-state index in [1.807, 2.05) is 14.1 Å². The van der Waals surface area contributed by atoms with Gasteiger partial charge in [0.25, 0.3) is 5.69 Å². The zero-order chi connectivity index (χ0) is 19.0. The Balaban J connectivity index is 2.52. The van der Waals surface area contributed by atoms with Crippen molar-refractivity contribution in [2.75, 3.05) is 45.6 Å². The first-order valence-electron chi connectivity index (χ1n) is 7.51. The van der Waals surface area contributed by atoms with E-state index < -0.39 is 22.4 Å². The van der Waals surface area contributed by atoms with Gasteiger partial charge in [-0.05, 0) is 24.4 Å². The average molecular weight is 380 g/mol. The molecule has 0 unspecified atom stereocenters. The summed E-state index contributed by atoms with van der Waals surface area (Å²) in [6.07, 6.45) is -4.63. The van der Waals surface area contributed by atoms with E-state index in [1.54, 1.807) is 0 Å². The van der Waals surface area contributed by atoms with E-state index in [4.69, 9.17) is 12.2 Å². The quantitative estimate of drug-likeness (QED) is 0.229. The Morgan fingerprint density at radius 2 is 1.88 bits per heavy atom. The number of thiocarbonyl (C=S) groups is 1. The van der Waals surface area contributed by atoms with Crippen LogP contribution >= 0.6 is 12.2 Å². The fourth-order valence-corrected chi connectivity index (χ4v) is 2.07. The van der Waals surface area contributed by atoms with E-state index in [1.165, 1.54) is 4.90 Å². The predicted molar refractivity (Wildman–Crippen MR) is 92.9 cm³/mol. The van der Waals surface area contributed by atoms with Crippen LogP contribution in [0.2, 0.25) is 0 Å². The van der Waals surface area contributed by atoms with Gasteiger partial charge in [-0.2, -0.15) is 13.2 Å². The maximum absolute atomic E-state index is 12.6. The molecule has 4 N–H and O–H groups in total. The lowest BCUT2D eigenvalue weighted by Gasteiger charge is -2.13. The van der Waals surface area contributed by atoms with Crippen molar-refractivity contribution in [3.05, 3.63) is 33.9 Å². The maximum Gasteiger partial charge on any atom is 0.416 e. The van der Waals surface area contributed by atoms with Gasteiger partial charge in [0.1, 0.15) is 5.69 Å². The van der Waals surface area contributed by atoms with Gasteiger partial charge in [-0.25, -0.2) is 0 Å². The van der Waals surface area contributed by atoms with Crippen molar-refractivity contribution in [2.45, 2.75) is 6.18 Å². The Labute approximate surface area is 148 Å². The Kier molecular flexibility index (Phi) is 7.84. The maximum atomic E-state index is 12.6. The van der Waals surface area contributed by atoms with Gasteiger partial charge in [0.05, 0.1) is 37.7 Å². The molecule has 0 bridgehead atoms. The first kappa shape index (κ1) is 20.9. The average Bonchev–Trinajstić information content (AvgIpc) is 2.50. The summed E-state index contributed by atoms with van der Waals surface area (Å²) in [6, 6.07) is 2.38. The minimum absolute atomic E-state index is 0.0230. The first-order chi connectivity index (χ1) is 11.6. The second kappa shape index (κ2) is 9.37. The molecule has 0 spiro atoms. The van der Waals surface area contributed by atoms with Crippen LogP contribution in [0.4, 0.5) is 24.5 Å². The number of hydrogen-bond acceptors (Lipinski definition) is 4. The van der Waals surface area contributed by atoms with E-state index in [0.717, 1.165) is 18.7 Å². The molecule has 0 aliphatic heterocycles. The van der Waals surface area contributed by atoms with Crippen LogP contribution in [0.5, 0.6) is 0 Å². The highest BCUT2D eigenvalue weighted by Crippen LogP contribution is 2.34. The molecule has 0 amide bonds. The largest absolute Gasteiger partial charge is 0.416 e. The van der Waals surface area contributed by atoms with Crippen molar-refractivity contribution in [3.63, 3.8) is 0 Å². The minimum atomic E-state index is -4.63. The van der Waals surface area contributed by atoms with Crippen LogP contribution < -0.4 is 20.9 Å². The van der Waals surface area contributed by atoms with E-state index in [9.17, 15) is 23.3 Å². The molecule has 0 aliphatic carbocycles. The normalized spacial score (nSPS) is 11.3. The molecular formula is C14H21F3N5O2S+. The molecular weight excluding hydrogens is 359 g/mol. The third-order valence-electron chi connectivity index (χ3n) is 3.16. The number of hydrogen-bond donors (Lipinski definition) is 4. The number of nitrogens with zero attached hydrogens (tertiary/aromatic N) is 1. The van der Waals surface area contributed by atoms with E-state index >= 15 is 0 Å². The summed E-state index contributed by atoms with van der Waals surface area (Å²) < 4.78 is 37.9. The van der Waals surface area contributed by atoms with Crippen molar-refractivity contribution >= 4 is 28.7 Å². The number of benzene rings is 1. The standard InChI is InChI=1S/C14H20F3N5O2S/c1-21(2)8-7-20-13(25)19-6-5-18-11-4-3-10(14(15,16)17)9-12(11)22(23)24/h3-4,9,18H,5-8H2,1-2H3,(H2,19,20,25)/p+1. The number of nitrogens with one attached hydrogen (secondary N) is 4. The summed E-state index contributed by atoms with van der Waals surface area (Å²) in [7, 11) is 4.03. The van der Waals surface area contributed by atoms with Crippen LogP contribution in [0, 0.1) is 10.1 Å².